The van der Waals surface area contributed by atoms with Crippen LogP contribution >= 0.6 is 34.7 Å². The van der Waals surface area contributed by atoms with Crippen LogP contribution < -0.4 is 4.87 Å². The second kappa shape index (κ2) is 9.37. The quantitative estimate of drug-likeness (QED) is 0.399. The maximum Gasteiger partial charge on any atom is 0.417 e. The molecule has 4 rings (SSSR count). The van der Waals surface area contributed by atoms with Crippen molar-refractivity contribution in [2.45, 2.75) is 40.9 Å². The van der Waals surface area contributed by atoms with Crippen molar-refractivity contribution < 1.29 is 33.2 Å². The predicted octanol–water partition coefficient (Wildman–Crippen LogP) is 2.14. The van der Waals surface area contributed by atoms with Crippen LogP contribution in [0.4, 0.5) is 13.2 Å². The first-order valence-corrected chi connectivity index (χ1v) is 11.5. The Labute approximate surface area is 196 Å². The van der Waals surface area contributed by atoms with Crippen LogP contribution in [0, 0.1) is 0 Å². The van der Waals surface area contributed by atoms with E-state index in [1.54, 1.807) is 0 Å². The summed E-state index contributed by atoms with van der Waals surface area (Å²) in [5.41, 5.74) is -1.39. The summed E-state index contributed by atoms with van der Waals surface area (Å²) in [6.45, 7) is -0.589. The molecule has 9 nitrogen and oxygen atoms in total. The molecule has 178 valence electrons. The van der Waals surface area contributed by atoms with E-state index in [1.807, 2.05) is 0 Å². The van der Waals surface area contributed by atoms with Crippen LogP contribution in [0.3, 0.4) is 0 Å². The first kappa shape index (κ1) is 24.2. The van der Waals surface area contributed by atoms with Crippen molar-refractivity contribution in [2.24, 2.45) is 0 Å². The SMILES string of the molecule is O=c1[nH]c(-c2cn([C@@H]3[C@@H](O)[C@@H](Sc4ccc(C(F)(F)F)c(Cl)c4)O[C@H](CO)[C@@H]3O)nn2)cs1. The zero-order valence-corrected chi connectivity index (χ0v) is 18.7. The lowest BCUT2D eigenvalue weighted by Crippen LogP contribution is -2.55. The molecule has 0 saturated carbocycles. The summed E-state index contributed by atoms with van der Waals surface area (Å²) in [6, 6.07) is 2.00. The summed E-state index contributed by atoms with van der Waals surface area (Å²) in [7, 11) is 0. The number of nitrogens with one attached hydrogen (secondary N) is 1. The molecule has 1 saturated heterocycles. The zero-order chi connectivity index (χ0) is 23.9. The van der Waals surface area contributed by atoms with Crippen LogP contribution in [-0.4, -0.2) is 65.7 Å². The Morgan fingerprint density at radius 1 is 1.30 bits per heavy atom. The van der Waals surface area contributed by atoms with E-state index in [-0.39, 0.29) is 9.77 Å². The third-order valence-corrected chi connectivity index (χ3v) is 7.09. The highest BCUT2D eigenvalue weighted by molar-refractivity contribution is 7.99. The predicted molar refractivity (Wildman–Crippen MR) is 113 cm³/mol. The molecule has 0 amide bonds. The lowest BCUT2D eigenvalue weighted by atomic mass is 9.97. The van der Waals surface area contributed by atoms with Gasteiger partial charge in [0.25, 0.3) is 0 Å². The van der Waals surface area contributed by atoms with Gasteiger partial charge in [-0.25, -0.2) is 4.68 Å². The number of nitrogens with zero attached hydrogens (tertiary/aromatic N) is 3. The molecule has 3 heterocycles. The van der Waals surface area contributed by atoms with E-state index in [4.69, 9.17) is 16.3 Å². The van der Waals surface area contributed by atoms with Crippen LogP contribution in [0.1, 0.15) is 11.6 Å². The Hall–Kier alpha value is -1.94. The van der Waals surface area contributed by atoms with Crippen LogP contribution in [0.2, 0.25) is 5.02 Å². The fraction of sp³-hybridized carbons (Fsp3) is 0.389. The number of thiazole rings is 1. The number of aromatic nitrogens is 4. The molecule has 2 aromatic heterocycles. The average molecular weight is 525 g/mol. The first-order chi connectivity index (χ1) is 15.6. The van der Waals surface area contributed by atoms with Gasteiger partial charge in [-0.05, 0) is 18.2 Å². The van der Waals surface area contributed by atoms with Gasteiger partial charge in [-0.3, -0.25) is 4.79 Å². The van der Waals surface area contributed by atoms with Crippen molar-refractivity contribution >= 4 is 34.7 Å². The van der Waals surface area contributed by atoms with E-state index < -0.39 is 53.2 Å². The number of thioether (sulfide) groups is 1. The highest BCUT2D eigenvalue weighted by Crippen LogP contribution is 2.41. The molecule has 0 spiro atoms. The molecule has 0 radical (unpaired) electrons. The number of ether oxygens (including phenoxy) is 1. The summed E-state index contributed by atoms with van der Waals surface area (Å²) in [5, 5.41) is 40.1. The van der Waals surface area contributed by atoms with Crippen molar-refractivity contribution in [1.29, 1.82) is 0 Å². The topological polar surface area (TPSA) is 133 Å². The summed E-state index contributed by atoms with van der Waals surface area (Å²) < 4.78 is 45.7. The number of H-pyrrole nitrogens is 1. The number of aliphatic hydroxyl groups is 3. The molecule has 4 N–H and O–H groups in total. The van der Waals surface area contributed by atoms with Gasteiger partial charge in [0.2, 0.25) is 0 Å². The second-order valence-electron chi connectivity index (χ2n) is 7.10. The number of rotatable bonds is 5. The number of alkyl halides is 3. The molecule has 15 heteroatoms. The minimum absolute atomic E-state index is 0.277. The average Bonchev–Trinajstić information content (AvgIpc) is 3.38. The fourth-order valence-corrected chi connectivity index (χ4v) is 5.39. The van der Waals surface area contributed by atoms with Crippen molar-refractivity contribution in [1.82, 2.24) is 20.0 Å². The zero-order valence-electron chi connectivity index (χ0n) is 16.3. The fourth-order valence-electron chi connectivity index (χ4n) is 3.36. The Morgan fingerprint density at radius 3 is 2.67 bits per heavy atom. The molecule has 0 unspecified atom stereocenters. The Kier molecular flexibility index (Phi) is 6.87. The molecule has 1 aliphatic rings. The van der Waals surface area contributed by atoms with Crippen molar-refractivity contribution in [3.63, 3.8) is 0 Å². The maximum atomic E-state index is 13.0. The van der Waals surface area contributed by atoms with E-state index in [2.05, 4.69) is 15.3 Å². The minimum Gasteiger partial charge on any atom is -0.394 e. The molecular weight excluding hydrogens is 509 g/mol. The number of benzene rings is 1. The number of halogens is 4. The molecule has 0 aliphatic carbocycles. The molecule has 3 aromatic rings. The van der Waals surface area contributed by atoms with Gasteiger partial charge in [0, 0.05) is 10.3 Å². The van der Waals surface area contributed by atoms with Gasteiger partial charge in [-0.2, -0.15) is 13.2 Å². The van der Waals surface area contributed by atoms with Gasteiger partial charge in [-0.15, -0.1) is 5.10 Å². The van der Waals surface area contributed by atoms with Crippen molar-refractivity contribution in [3.05, 3.63) is 50.0 Å². The Balaban J connectivity index is 1.60. The summed E-state index contributed by atoms with van der Waals surface area (Å²) in [5.74, 6) is 0. The highest BCUT2D eigenvalue weighted by Gasteiger charge is 2.46. The van der Waals surface area contributed by atoms with Crippen molar-refractivity contribution in [2.75, 3.05) is 6.61 Å². The van der Waals surface area contributed by atoms with E-state index in [1.165, 1.54) is 22.3 Å². The first-order valence-electron chi connectivity index (χ1n) is 9.34. The van der Waals surface area contributed by atoms with E-state index in [0.29, 0.717) is 11.4 Å². The van der Waals surface area contributed by atoms with Crippen LogP contribution in [0.15, 0.2) is 39.5 Å². The van der Waals surface area contributed by atoms with Crippen LogP contribution in [-0.2, 0) is 10.9 Å². The van der Waals surface area contributed by atoms with Crippen molar-refractivity contribution in [3.8, 4) is 11.4 Å². The summed E-state index contributed by atoms with van der Waals surface area (Å²) >= 11 is 7.58. The number of hydrogen-bond acceptors (Lipinski definition) is 9. The third kappa shape index (κ3) is 4.96. The molecule has 1 aliphatic heterocycles. The maximum absolute atomic E-state index is 13.0. The summed E-state index contributed by atoms with van der Waals surface area (Å²) in [4.78, 5) is 13.9. The lowest BCUT2D eigenvalue weighted by Gasteiger charge is -2.41. The normalized spacial score (nSPS) is 26.0. The van der Waals surface area contributed by atoms with Crippen LogP contribution in [0.5, 0.6) is 0 Å². The molecule has 0 bridgehead atoms. The largest absolute Gasteiger partial charge is 0.417 e. The van der Waals surface area contributed by atoms with Gasteiger partial charge in [0.05, 0.1) is 29.1 Å². The summed E-state index contributed by atoms with van der Waals surface area (Å²) in [6.07, 6.45) is -7.10. The standard InChI is InChI=1S/C18H16ClF3N4O5S2/c19-9-3-7(1-2-8(9)18(20,21)22)33-16-15(29)13(14(28)12(5-27)31-16)26-4-10(24-25-26)11-6-32-17(30)23-11/h1-4,6,12-16,27-29H,5H2,(H,23,30)/t12-,13+,14+,15-,16-/m1/s1. The second-order valence-corrected chi connectivity index (χ2v) is 9.52. The third-order valence-electron chi connectivity index (χ3n) is 4.96. The molecule has 1 fully saturated rings. The monoisotopic (exact) mass is 524 g/mol. The van der Waals surface area contributed by atoms with E-state index >= 15 is 0 Å². The highest BCUT2D eigenvalue weighted by atomic mass is 35.5. The number of aromatic amines is 1. The lowest BCUT2D eigenvalue weighted by molar-refractivity contribution is -0.178. The minimum atomic E-state index is -4.62. The van der Waals surface area contributed by atoms with Gasteiger partial charge in [0.15, 0.2) is 0 Å². The molecule has 5 atom stereocenters. The van der Waals surface area contributed by atoms with Gasteiger partial charge < -0.3 is 25.0 Å². The van der Waals surface area contributed by atoms with Gasteiger partial charge in [-0.1, -0.05) is 39.9 Å². The Bertz CT molecular complexity index is 1190. The van der Waals surface area contributed by atoms with Gasteiger partial charge >= 0.3 is 11.0 Å². The molecule has 1 aromatic carbocycles. The number of aliphatic hydroxyl groups excluding tert-OH is 3. The van der Waals surface area contributed by atoms with E-state index in [0.717, 1.165) is 35.2 Å². The Morgan fingerprint density at radius 2 is 2.06 bits per heavy atom. The molecular formula is C18H16ClF3N4O5S2. The molecule has 33 heavy (non-hydrogen) atoms. The number of hydrogen-bond donors (Lipinski definition) is 4. The van der Waals surface area contributed by atoms with Crippen LogP contribution in [0.25, 0.3) is 11.4 Å². The van der Waals surface area contributed by atoms with Gasteiger partial charge in [0.1, 0.15) is 35.5 Å². The smallest absolute Gasteiger partial charge is 0.394 e. The van der Waals surface area contributed by atoms with E-state index in [9.17, 15) is 33.3 Å².